The standard InChI is InChI=1S/C13H19NO3.C2H6/c1-8(2)14-11(9(3)15)6-10-4-5-12(16)13(17)7-10;1-2/h4-5,7-8,11,14,16-17H,6H2,1-3H3;1-2H3. The van der Waals surface area contributed by atoms with Gasteiger partial charge in [0.05, 0.1) is 6.04 Å². The molecule has 0 fully saturated rings. The number of Topliss-reactive ketones (excluding diaryl/α,β-unsaturated/α-hetero) is 1. The molecule has 0 aliphatic carbocycles. The minimum atomic E-state index is -0.265. The van der Waals surface area contributed by atoms with Crippen LogP contribution in [0.4, 0.5) is 0 Å². The Morgan fingerprint density at radius 3 is 2.21 bits per heavy atom. The lowest BCUT2D eigenvalue weighted by molar-refractivity contribution is -0.119. The van der Waals surface area contributed by atoms with Crippen LogP contribution in [0.25, 0.3) is 0 Å². The van der Waals surface area contributed by atoms with E-state index in [4.69, 9.17) is 0 Å². The van der Waals surface area contributed by atoms with Crippen LogP contribution in [0.3, 0.4) is 0 Å². The van der Waals surface area contributed by atoms with E-state index in [0.29, 0.717) is 6.42 Å². The summed E-state index contributed by atoms with van der Waals surface area (Å²) in [6.45, 7) is 9.49. The van der Waals surface area contributed by atoms with E-state index in [0.717, 1.165) is 5.56 Å². The van der Waals surface area contributed by atoms with Gasteiger partial charge in [0.25, 0.3) is 0 Å². The molecule has 0 saturated carbocycles. The molecular formula is C15H25NO3. The van der Waals surface area contributed by atoms with Gasteiger partial charge in [0.1, 0.15) is 5.78 Å². The monoisotopic (exact) mass is 267 g/mol. The Morgan fingerprint density at radius 2 is 1.79 bits per heavy atom. The number of carbonyl (C=O) groups excluding carboxylic acids is 1. The maximum atomic E-state index is 11.5. The van der Waals surface area contributed by atoms with Crippen LogP contribution in [0.1, 0.15) is 40.2 Å². The minimum absolute atomic E-state index is 0.0614. The zero-order chi connectivity index (χ0) is 15.0. The van der Waals surface area contributed by atoms with Crippen molar-refractivity contribution in [1.82, 2.24) is 5.32 Å². The molecule has 0 aliphatic rings. The number of benzene rings is 1. The molecule has 0 radical (unpaired) electrons. The fourth-order valence-corrected chi connectivity index (χ4v) is 1.65. The van der Waals surface area contributed by atoms with Gasteiger partial charge in [-0.15, -0.1) is 0 Å². The van der Waals surface area contributed by atoms with Crippen LogP contribution in [-0.4, -0.2) is 28.1 Å². The molecule has 1 atom stereocenters. The number of nitrogens with one attached hydrogen (secondary N) is 1. The molecule has 108 valence electrons. The van der Waals surface area contributed by atoms with Crippen molar-refractivity contribution in [3.8, 4) is 11.5 Å². The summed E-state index contributed by atoms with van der Waals surface area (Å²) >= 11 is 0. The topological polar surface area (TPSA) is 69.6 Å². The Hall–Kier alpha value is -1.55. The molecule has 0 spiro atoms. The Morgan fingerprint density at radius 1 is 1.21 bits per heavy atom. The van der Waals surface area contributed by atoms with E-state index in [1.807, 2.05) is 27.7 Å². The van der Waals surface area contributed by atoms with Gasteiger partial charge < -0.3 is 15.5 Å². The van der Waals surface area contributed by atoms with Crippen LogP contribution in [0.2, 0.25) is 0 Å². The smallest absolute Gasteiger partial charge is 0.157 e. The minimum Gasteiger partial charge on any atom is -0.504 e. The van der Waals surface area contributed by atoms with Crippen molar-refractivity contribution in [3.05, 3.63) is 23.8 Å². The first kappa shape index (κ1) is 17.4. The van der Waals surface area contributed by atoms with E-state index in [1.54, 1.807) is 13.0 Å². The van der Waals surface area contributed by atoms with Crippen molar-refractivity contribution in [2.24, 2.45) is 0 Å². The summed E-state index contributed by atoms with van der Waals surface area (Å²) in [7, 11) is 0. The Balaban J connectivity index is 0.00000154. The molecule has 3 N–H and O–H groups in total. The second-order valence-electron chi connectivity index (χ2n) is 4.51. The molecule has 4 nitrogen and oxygen atoms in total. The van der Waals surface area contributed by atoms with Gasteiger partial charge >= 0.3 is 0 Å². The van der Waals surface area contributed by atoms with Gasteiger partial charge in [0, 0.05) is 6.04 Å². The van der Waals surface area contributed by atoms with Gasteiger partial charge in [-0.3, -0.25) is 4.79 Å². The summed E-state index contributed by atoms with van der Waals surface area (Å²) < 4.78 is 0. The maximum absolute atomic E-state index is 11.5. The van der Waals surface area contributed by atoms with Crippen molar-refractivity contribution in [3.63, 3.8) is 0 Å². The molecule has 0 saturated heterocycles. The van der Waals surface area contributed by atoms with E-state index in [1.165, 1.54) is 12.1 Å². The lowest BCUT2D eigenvalue weighted by Gasteiger charge is -2.18. The van der Waals surface area contributed by atoms with Gasteiger partial charge in [-0.05, 0) is 31.0 Å². The Bertz CT molecular complexity index is 402. The maximum Gasteiger partial charge on any atom is 0.157 e. The lowest BCUT2D eigenvalue weighted by atomic mass is 10.0. The Kier molecular flexibility index (Phi) is 7.84. The summed E-state index contributed by atoms with van der Waals surface area (Å²) in [6, 6.07) is 4.56. The number of ketones is 1. The van der Waals surface area contributed by atoms with E-state index >= 15 is 0 Å². The molecule has 0 aliphatic heterocycles. The molecule has 0 bridgehead atoms. The number of phenolic OH excluding ortho intramolecular Hbond substituents is 2. The molecule has 0 amide bonds. The van der Waals surface area contributed by atoms with Crippen LogP contribution < -0.4 is 5.32 Å². The predicted octanol–water partition coefficient (Wildman–Crippen LogP) is 2.62. The van der Waals surface area contributed by atoms with Gasteiger partial charge in [-0.1, -0.05) is 33.8 Å². The van der Waals surface area contributed by atoms with Gasteiger partial charge in [-0.2, -0.15) is 0 Å². The van der Waals surface area contributed by atoms with Crippen molar-refractivity contribution < 1.29 is 15.0 Å². The van der Waals surface area contributed by atoms with Gasteiger partial charge in [-0.25, -0.2) is 0 Å². The van der Waals surface area contributed by atoms with E-state index in [-0.39, 0.29) is 29.4 Å². The summed E-state index contributed by atoms with van der Waals surface area (Å²) in [4.78, 5) is 11.5. The first-order valence-corrected chi connectivity index (χ1v) is 6.67. The van der Waals surface area contributed by atoms with Crippen molar-refractivity contribution >= 4 is 5.78 Å². The highest BCUT2D eigenvalue weighted by Gasteiger charge is 2.16. The molecule has 0 aromatic heterocycles. The molecule has 1 aromatic carbocycles. The molecule has 1 aromatic rings. The average Bonchev–Trinajstić information content (AvgIpc) is 2.35. The first-order valence-electron chi connectivity index (χ1n) is 6.67. The van der Waals surface area contributed by atoms with Crippen LogP contribution in [-0.2, 0) is 11.2 Å². The van der Waals surface area contributed by atoms with E-state index < -0.39 is 0 Å². The van der Waals surface area contributed by atoms with Crippen LogP contribution >= 0.6 is 0 Å². The normalized spacial score (nSPS) is 11.7. The number of phenols is 2. The number of aromatic hydroxyl groups is 2. The largest absolute Gasteiger partial charge is 0.504 e. The quantitative estimate of drug-likeness (QED) is 0.717. The molecule has 1 rings (SSSR count). The Labute approximate surface area is 115 Å². The van der Waals surface area contributed by atoms with Crippen molar-refractivity contribution in [2.75, 3.05) is 0 Å². The first-order chi connectivity index (χ1) is 8.90. The highest BCUT2D eigenvalue weighted by atomic mass is 16.3. The van der Waals surface area contributed by atoms with Crippen LogP contribution in [0.5, 0.6) is 11.5 Å². The second-order valence-corrected chi connectivity index (χ2v) is 4.51. The highest BCUT2D eigenvalue weighted by molar-refractivity contribution is 5.81. The number of hydrogen-bond donors (Lipinski definition) is 3. The number of carbonyl (C=O) groups is 1. The average molecular weight is 267 g/mol. The third kappa shape index (κ3) is 6.25. The number of rotatable bonds is 5. The summed E-state index contributed by atoms with van der Waals surface area (Å²) in [5.41, 5.74) is 0.814. The molecular weight excluding hydrogens is 242 g/mol. The van der Waals surface area contributed by atoms with Gasteiger partial charge in [0.2, 0.25) is 0 Å². The third-order valence-electron chi connectivity index (χ3n) is 2.50. The zero-order valence-electron chi connectivity index (χ0n) is 12.4. The molecule has 0 heterocycles. The summed E-state index contributed by atoms with van der Waals surface area (Å²) in [6.07, 6.45) is 0.501. The molecule has 1 unspecified atom stereocenters. The molecule has 19 heavy (non-hydrogen) atoms. The second kappa shape index (κ2) is 8.53. The SMILES string of the molecule is CC.CC(=O)C(Cc1ccc(O)c(O)c1)NC(C)C. The van der Waals surface area contributed by atoms with Gasteiger partial charge in [0.15, 0.2) is 11.5 Å². The zero-order valence-corrected chi connectivity index (χ0v) is 12.4. The van der Waals surface area contributed by atoms with Crippen molar-refractivity contribution in [2.45, 2.75) is 53.1 Å². The van der Waals surface area contributed by atoms with E-state index in [2.05, 4.69) is 5.32 Å². The highest BCUT2D eigenvalue weighted by Crippen LogP contribution is 2.25. The lowest BCUT2D eigenvalue weighted by Crippen LogP contribution is -2.41. The van der Waals surface area contributed by atoms with E-state index in [9.17, 15) is 15.0 Å². The van der Waals surface area contributed by atoms with Crippen molar-refractivity contribution in [1.29, 1.82) is 0 Å². The summed E-state index contributed by atoms with van der Waals surface area (Å²) in [5.74, 6) is -0.245. The number of hydrogen-bond acceptors (Lipinski definition) is 4. The predicted molar refractivity (Wildman–Crippen MR) is 77.6 cm³/mol. The fourth-order valence-electron chi connectivity index (χ4n) is 1.65. The van der Waals surface area contributed by atoms with Crippen LogP contribution in [0, 0.1) is 0 Å². The summed E-state index contributed by atoms with van der Waals surface area (Å²) in [5, 5.41) is 21.7. The third-order valence-corrected chi connectivity index (χ3v) is 2.50. The fraction of sp³-hybridized carbons (Fsp3) is 0.533. The van der Waals surface area contributed by atoms with Crippen LogP contribution in [0.15, 0.2) is 18.2 Å². The molecule has 4 heteroatoms.